The summed E-state index contributed by atoms with van der Waals surface area (Å²) >= 11 is 0. The van der Waals surface area contributed by atoms with Crippen molar-refractivity contribution >= 4 is 5.95 Å². The van der Waals surface area contributed by atoms with Crippen molar-refractivity contribution < 1.29 is 0 Å². The van der Waals surface area contributed by atoms with Crippen molar-refractivity contribution in [2.45, 2.75) is 38.6 Å². The van der Waals surface area contributed by atoms with E-state index in [1.54, 1.807) is 0 Å². The van der Waals surface area contributed by atoms with Gasteiger partial charge in [-0.1, -0.05) is 37.6 Å². The fourth-order valence-corrected chi connectivity index (χ4v) is 2.76. The largest absolute Gasteiger partial charge is 0.356 e. The first kappa shape index (κ1) is 12.3. The Kier molecular flexibility index (Phi) is 3.53. The lowest BCUT2D eigenvalue weighted by Gasteiger charge is -2.30. The molecule has 0 aliphatic heterocycles. The molecule has 1 atom stereocenters. The molecular formula is C16H21N3. The smallest absolute Gasteiger partial charge is 0.202 e. The van der Waals surface area contributed by atoms with Crippen LogP contribution in [0, 0.1) is 0 Å². The molecule has 1 aliphatic rings. The molecule has 2 aromatic rings. The first-order valence-corrected chi connectivity index (χ1v) is 7.21. The van der Waals surface area contributed by atoms with Crippen molar-refractivity contribution in [2.75, 3.05) is 11.9 Å². The van der Waals surface area contributed by atoms with E-state index >= 15 is 0 Å². The van der Waals surface area contributed by atoms with Crippen LogP contribution in [-0.2, 0) is 13.0 Å². The van der Waals surface area contributed by atoms with Crippen molar-refractivity contribution in [3.8, 4) is 0 Å². The second kappa shape index (κ2) is 5.47. The van der Waals surface area contributed by atoms with Crippen LogP contribution in [0.4, 0.5) is 5.95 Å². The lowest BCUT2D eigenvalue weighted by Crippen LogP contribution is -2.22. The molecule has 0 spiro atoms. The minimum absolute atomic E-state index is 0.650. The Labute approximate surface area is 114 Å². The molecule has 1 aromatic carbocycles. The molecule has 100 valence electrons. The fourth-order valence-electron chi connectivity index (χ4n) is 2.76. The maximum Gasteiger partial charge on any atom is 0.202 e. The summed E-state index contributed by atoms with van der Waals surface area (Å²) in [6, 6.07) is 8.76. The molecule has 0 amide bonds. The summed E-state index contributed by atoms with van der Waals surface area (Å²) in [6.45, 7) is 4.25. The predicted octanol–water partition coefficient (Wildman–Crippen LogP) is 3.44. The molecule has 3 heteroatoms. The van der Waals surface area contributed by atoms with Crippen LogP contribution in [0.25, 0.3) is 0 Å². The maximum atomic E-state index is 4.41. The number of fused-ring (bicyclic) bond motifs is 1. The quantitative estimate of drug-likeness (QED) is 0.801. The third-order valence-corrected chi connectivity index (χ3v) is 3.91. The van der Waals surface area contributed by atoms with E-state index in [9.17, 15) is 0 Å². The van der Waals surface area contributed by atoms with Crippen molar-refractivity contribution in [3.63, 3.8) is 0 Å². The Bertz CT molecular complexity index is 544. The van der Waals surface area contributed by atoms with E-state index in [4.69, 9.17) is 0 Å². The van der Waals surface area contributed by atoms with Gasteiger partial charge in [0, 0.05) is 31.4 Å². The number of nitrogens with one attached hydrogen (secondary N) is 1. The molecule has 19 heavy (non-hydrogen) atoms. The SMILES string of the molecule is CCCCNc1nccn1CC1Cc2ccccc21. The summed E-state index contributed by atoms with van der Waals surface area (Å²) < 4.78 is 2.25. The van der Waals surface area contributed by atoms with Crippen LogP contribution in [-0.4, -0.2) is 16.1 Å². The molecule has 0 bridgehead atoms. The van der Waals surface area contributed by atoms with E-state index in [0.717, 1.165) is 19.0 Å². The van der Waals surface area contributed by atoms with Crippen LogP contribution >= 0.6 is 0 Å². The monoisotopic (exact) mass is 255 g/mol. The van der Waals surface area contributed by atoms with Gasteiger partial charge < -0.3 is 9.88 Å². The summed E-state index contributed by atoms with van der Waals surface area (Å²) in [6.07, 6.45) is 7.57. The summed E-state index contributed by atoms with van der Waals surface area (Å²) in [7, 11) is 0. The van der Waals surface area contributed by atoms with Gasteiger partial charge in [0.1, 0.15) is 0 Å². The van der Waals surface area contributed by atoms with Crippen molar-refractivity contribution in [1.29, 1.82) is 0 Å². The summed E-state index contributed by atoms with van der Waals surface area (Å²) in [5.74, 6) is 1.66. The van der Waals surface area contributed by atoms with E-state index in [1.807, 2.05) is 6.20 Å². The van der Waals surface area contributed by atoms with Crippen molar-refractivity contribution in [3.05, 3.63) is 47.8 Å². The summed E-state index contributed by atoms with van der Waals surface area (Å²) in [4.78, 5) is 4.41. The van der Waals surface area contributed by atoms with Gasteiger partial charge in [0.25, 0.3) is 0 Å². The Morgan fingerprint density at radius 2 is 2.26 bits per heavy atom. The van der Waals surface area contributed by atoms with Gasteiger partial charge in [-0.15, -0.1) is 0 Å². The zero-order chi connectivity index (χ0) is 13.1. The number of anilines is 1. The highest BCUT2D eigenvalue weighted by Crippen LogP contribution is 2.36. The van der Waals surface area contributed by atoms with Gasteiger partial charge in [-0.25, -0.2) is 4.98 Å². The first-order valence-electron chi connectivity index (χ1n) is 7.21. The van der Waals surface area contributed by atoms with Gasteiger partial charge in [-0.3, -0.25) is 0 Å². The topological polar surface area (TPSA) is 29.9 Å². The van der Waals surface area contributed by atoms with E-state index < -0.39 is 0 Å². The van der Waals surface area contributed by atoms with E-state index in [1.165, 1.54) is 30.4 Å². The zero-order valence-electron chi connectivity index (χ0n) is 11.5. The normalized spacial score (nSPS) is 16.8. The molecule has 3 nitrogen and oxygen atoms in total. The molecule has 1 aliphatic carbocycles. The number of rotatable bonds is 6. The zero-order valence-corrected chi connectivity index (χ0v) is 11.5. The molecule has 0 saturated carbocycles. The molecule has 1 heterocycles. The Morgan fingerprint density at radius 1 is 1.37 bits per heavy atom. The number of unbranched alkanes of at least 4 members (excludes halogenated alkanes) is 1. The van der Waals surface area contributed by atoms with Crippen LogP contribution < -0.4 is 5.32 Å². The van der Waals surface area contributed by atoms with Crippen molar-refractivity contribution in [2.24, 2.45) is 0 Å². The van der Waals surface area contributed by atoms with Crippen LogP contribution in [0.15, 0.2) is 36.7 Å². The second-order valence-electron chi connectivity index (χ2n) is 5.28. The van der Waals surface area contributed by atoms with Crippen LogP contribution in [0.5, 0.6) is 0 Å². The molecule has 1 N–H and O–H groups in total. The third-order valence-electron chi connectivity index (χ3n) is 3.91. The highest BCUT2D eigenvalue weighted by molar-refractivity contribution is 5.40. The lowest BCUT2D eigenvalue weighted by molar-refractivity contribution is 0.511. The molecule has 3 rings (SSSR count). The van der Waals surface area contributed by atoms with Crippen LogP contribution in [0.1, 0.15) is 36.8 Å². The van der Waals surface area contributed by atoms with Crippen LogP contribution in [0.3, 0.4) is 0 Å². The fraction of sp³-hybridized carbons (Fsp3) is 0.438. The number of hydrogen-bond donors (Lipinski definition) is 1. The Hall–Kier alpha value is -1.77. The second-order valence-corrected chi connectivity index (χ2v) is 5.28. The van der Waals surface area contributed by atoms with E-state index in [-0.39, 0.29) is 0 Å². The molecule has 0 fully saturated rings. The molecule has 1 aromatic heterocycles. The van der Waals surface area contributed by atoms with Crippen molar-refractivity contribution in [1.82, 2.24) is 9.55 Å². The average Bonchev–Trinajstić information content (AvgIpc) is 2.84. The van der Waals surface area contributed by atoms with Gasteiger partial charge in [-0.2, -0.15) is 0 Å². The highest BCUT2D eigenvalue weighted by atomic mass is 15.2. The Balaban J connectivity index is 1.64. The molecular weight excluding hydrogens is 234 g/mol. The number of benzene rings is 1. The highest BCUT2D eigenvalue weighted by Gasteiger charge is 2.25. The summed E-state index contributed by atoms with van der Waals surface area (Å²) in [5, 5.41) is 3.42. The minimum Gasteiger partial charge on any atom is -0.356 e. The predicted molar refractivity (Wildman–Crippen MR) is 78.5 cm³/mol. The average molecular weight is 255 g/mol. The van der Waals surface area contributed by atoms with Gasteiger partial charge >= 0.3 is 0 Å². The number of imidazole rings is 1. The number of aromatic nitrogens is 2. The van der Waals surface area contributed by atoms with Gasteiger partial charge in [0.05, 0.1) is 0 Å². The molecule has 0 saturated heterocycles. The van der Waals surface area contributed by atoms with Gasteiger partial charge in [-0.05, 0) is 24.0 Å². The summed E-state index contributed by atoms with van der Waals surface area (Å²) in [5.41, 5.74) is 3.02. The number of hydrogen-bond acceptors (Lipinski definition) is 2. The lowest BCUT2D eigenvalue weighted by atomic mass is 9.77. The maximum absolute atomic E-state index is 4.41. The molecule has 0 radical (unpaired) electrons. The van der Waals surface area contributed by atoms with E-state index in [2.05, 4.69) is 52.3 Å². The first-order chi connectivity index (χ1) is 9.38. The third kappa shape index (κ3) is 2.50. The molecule has 1 unspecified atom stereocenters. The minimum atomic E-state index is 0.650. The number of nitrogens with zero attached hydrogens (tertiary/aromatic N) is 2. The standard InChI is InChI=1S/C16H21N3/c1-2-3-8-17-16-18-9-10-19(16)12-14-11-13-6-4-5-7-15(13)14/h4-7,9-10,14H,2-3,8,11-12H2,1H3,(H,17,18). The van der Waals surface area contributed by atoms with Crippen LogP contribution in [0.2, 0.25) is 0 Å². The van der Waals surface area contributed by atoms with E-state index in [0.29, 0.717) is 5.92 Å². The van der Waals surface area contributed by atoms with Gasteiger partial charge in [0.15, 0.2) is 0 Å². The Morgan fingerprint density at radius 3 is 3.11 bits per heavy atom. The van der Waals surface area contributed by atoms with Gasteiger partial charge in [0.2, 0.25) is 5.95 Å².